The average molecular weight is 242 g/mol. The number of halogens is 5. The van der Waals surface area contributed by atoms with Gasteiger partial charge in [-0.25, -0.2) is 13.8 Å². The number of pyridine rings is 1. The number of ether oxygens (including phenoxy) is 1. The van der Waals surface area contributed by atoms with E-state index in [0.717, 1.165) is 7.11 Å². The van der Waals surface area contributed by atoms with Gasteiger partial charge in [-0.05, 0) is 6.07 Å². The van der Waals surface area contributed by atoms with Crippen LogP contribution in [-0.2, 0) is 6.18 Å². The number of nitrogen functional groups attached to an aromatic ring is 1. The van der Waals surface area contributed by atoms with E-state index in [9.17, 15) is 22.0 Å². The zero-order valence-electron chi connectivity index (χ0n) is 7.98. The maximum atomic E-state index is 12.4. The molecule has 0 unspecified atom stereocenters. The minimum absolute atomic E-state index is 0.392. The molecular formula is C8H7F5N2O. The third-order valence-corrected chi connectivity index (χ3v) is 1.78. The van der Waals surface area contributed by atoms with Crippen LogP contribution in [-0.4, -0.2) is 12.1 Å². The van der Waals surface area contributed by atoms with Crippen molar-refractivity contribution < 1.29 is 26.7 Å². The van der Waals surface area contributed by atoms with Crippen LogP contribution >= 0.6 is 0 Å². The number of hydrogen-bond acceptors (Lipinski definition) is 3. The molecule has 1 rings (SSSR count). The van der Waals surface area contributed by atoms with Gasteiger partial charge in [0.1, 0.15) is 5.69 Å². The number of aromatic nitrogens is 1. The lowest BCUT2D eigenvalue weighted by atomic mass is 10.1. The summed E-state index contributed by atoms with van der Waals surface area (Å²) in [5.41, 5.74) is 2.20. The van der Waals surface area contributed by atoms with Crippen LogP contribution in [0.4, 0.5) is 27.8 Å². The average Bonchev–Trinajstić information content (AvgIpc) is 2.15. The summed E-state index contributed by atoms with van der Waals surface area (Å²) in [6.07, 6.45) is -8.29. The highest BCUT2D eigenvalue weighted by molar-refractivity contribution is 5.50. The van der Waals surface area contributed by atoms with Crippen molar-refractivity contribution in [1.82, 2.24) is 4.98 Å². The van der Waals surface area contributed by atoms with Crippen LogP contribution in [0, 0.1) is 0 Å². The molecule has 0 aliphatic heterocycles. The van der Waals surface area contributed by atoms with Gasteiger partial charge in [0.25, 0.3) is 6.43 Å². The first-order valence-corrected chi connectivity index (χ1v) is 3.97. The second kappa shape index (κ2) is 4.11. The highest BCUT2D eigenvalue weighted by atomic mass is 19.4. The van der Waals surface area contributed by atoms with Crippen molar-refractivity contribution in [3.63, 3.8) is 0 Å². The van der Waals surface area contributed by atoms with E-state index in [1.165, 1.54) is 0 Å². The molecule has 0 fully saturated rings. The van der Waals surface area contributed by atoms with Gasteiger partial charge in [-0.3, -0.25) is 0 Å². The molecule has 0 aliphatic carbocycles. The van der Waals surface area contributed by atoms with Gasteiger partial charge < -0.3 is 10.5 Å². The predicted octanol–water partition coefficient (Wildman–Crippen LogP) is 2.63. The summed E-state index contributed by atoms with van der Waals surface area (Å²) in [6, 6.07) is 0.407. The number of nitrogens with zero attached hydrogens (tertiary/aromatic N) is 1. The number of rotatable bonds is 2. The fourth-order valence-corrected chi connectivity index (χ4v) is 1.08. The van der Waals surface area contributed by atoms with Crippen LogP contribution < -0.4 is 10.5 Å². The van der Waals surface area contributed by atoms with Crippen molar-refractivity contribution in [1.29, 1.82) is 0 Å². The second-order valence-electron chi connectivity index (χ2n) is 2.81. The Labute approximate surface area is 87.0 Å². The van der Waals surface area contributed by atoms with Gasteiger partial charge in [-0.15, -0.1) is 0 Å². The molecule has 0 saturated heterocycles. The van der Waals surface area contributed by atoms with Crippen LogP contribution in [0.2, 0.25) is 0 Å². The normalized spacial score (nSPS) is 11.9. The number of hydrogen-bond donors (Lipinski definition) is 1. The number of anilines is 1. The number of alkyl halides is 5. The van der Waals surface area contributed by atoms with E-state index in [1.807, 2.05) is 0 Å². The Morgan fingerprint density at radius 1 is 1.38 bits per heavy atom. The Kier molecular flexibility index (Phi) is 3.20. The van der Waals surface area contributed by atoms with Crippen LogP contribution in [0.25, 0.3) is 0 Å². The molecule has 2 N–H and O–H groups in total. The Bertz CT molecular complexity index is 391. The molecule has 1 heterocycles. The lowest BCUT2D eigenvalue weighted by Crippen LogP contribution is -2.13. The SMILES string of the molecule is COc1cc(C(F)(F)F)c(C(F)F)nc1N. The molecule has 0 aliphatic rings. The summed E-state index contributed by atoms with van der Waals surface area (Å²) in [7, 11) is 1.07. The Morgan fingerprint density at radius 2 is 1.94 bits per heavy atom. The van der Waals surface area contributed by atoms with Crippen molar-refractivity contribution >= 4 is 5.82 Å². The molecule has 8 heteroatoms. The zero-order valence-corrected chi connectivity index (χ0v) is 7.98. The van der Waals surface area contributed by atoms with Crippen LogP contribution in [0.1, 0.15) is 17.7 Å². The van der Waals surface area contributed by atoms with Gasteiger partial charge in [-0.2, -0.15) is 13.2 Å². The quantitative estimate of drug-likeness (QED) is 0.811. The van der Waals surface area contributed by atoms with E-state index in [4.69, 9.17) is 5.73 Å². The molecule has 3 nitrogen and oxygen atoms in total. The Balaban J connectivity index is 3.43. The van der Waals surface area contributed by atoms with E-state index in [2.05, 4.69) is 9.72 Å². The third-order valence-electron chi connectivity index (χ3n) is 1.78. The van der Waals surface area contributed by atoms with Gasteiger partial charge in [-0.1, -0.05) is 0 Å². The van der Waals surface area contributed by atoms with E-state index in [-0.39, 0.29) is 0 Å². The molecule has 1 aromatic rings. The fourth-order valence-electron chi connectivity index (χ4n) is 1.08. The number of methoxy groups -OCH3 is 1. The summed E-state index contributed by atoms with van der Waals surface area (Å²) >= 11 is 0. The Hall–Kier alpha value is -1.60. The first-order valence-electron chi connectivity index (χ1n) is 3.97. The van der Waals surface area contributed by atoms with Crippen LogP contribution in [0.3, 0.4) is 0 Å². The minimum Gasteiger partial charge on any atom is -0.493 e. The number of nitrogens with two attached hydrogens (primary N) is 1. The maximum Gasteiger partial charge on any atom is 0.418 e. The third kappa shape index (κ3) is 2.31. The molecule has 0 radical (unpaired) electrons. The standard InChI is InChI=1S/C8H7F5N2O/c1-16-4-2-3(8(11,12)13)5(6(9)10)15-7(4)14/h2,6H,1H3,(H2,14,15). The smallest absolute Gasteiger partial charge is 0.418 e. The highest BCUT2D eigenvalue weighted by Gasteiger charge is 2.37. The molecular weight excluding hydrogens is 235 g/mol. The first-order chi connectivity index (χ1) is 7.27. The molecule has 16 heavy (non-hydrogen) atoms. The van der Waals surface area contributed by atoms with Gasteiger partial charge in [0.15, 0.2) is 11.6 Å². The molecule has 0 saturated carbocycles. The summed E-state index contributed by atoms with van der Waals surface area (Å²) < 4.78 is 66.3. The van der Waals surface area contributed by atoms with Crippen LogP contribution in [0.15, 0.2) is 6.07 Å². The molecule has 0 atom stereocenters. The second-order valence-corrected chi connectivity index (χ2v) is 2.81. The molecule has 1 aromatic heterocycles. The summed E-state index contributed by atoms with van der Waals surface area (Å²) in [5.74, 6) is -0.900. The highest BCUT2D eigenvalue weighted by Crippen LogP contribution is 2.38. The summed E-state index contributed by atoms with van der Waals surface area (Å²) in [6.45, 7) is 0. The maximum absolute atomic E-state index is 12.4. The largest absolute Gasteiger partial charge is 0.493 e. The van der Waals surface area contributed by atoms with Crippen molar-refractivity contribution in [2.75, 3.05) is 12.8 Å². The van der Waals surface area contributed by atoms with Gasteiger partial charge in [0.05, 0.1) is 12.7 Å². The molecule has 0 bridgehead atoms. The van der Waals surface area contributed by atoms with Crippen molar-refractivity contribution in [3.8, 4) is 5.75 Å². The molecule has 0 aromatic carbocycles. The summed E-state index contributed by atoms with van der Waals surface area (Å²) in [5, 5.41) is 0. The Morgan fingerprint density at radius 3 is 2.31 bits per heavy atom. The van der Waals surface area contributed by atoms with E-state index in [0.29, 0.717) is 6.07 Å². The zero-order chi connectivity index (χ0) is 12.5. The molecule has 90 valence electrons. The lowest BCUT2D eigenvalue weighted by molar-refractivity contribution is -0.140. The van der Waals surface area contributed by atoms with Crippen molar-refractivity contribution in [2.24, 2.45) is 0 Å². The van der Waals surface area contributed by atoms with Gasteiger partial charge in [0, 0.05) is 0 Å². The molecule has 0 amide bonds. The van der Waals surface area contributed by atoms with Crippen LogP contribution in [0.5, 0.6) is 5.75 Å². The fraction of sp³-hybridized carbons (Fsp3) is 0.375. The van der Waals surface area contributed by atoms with Crippen molar-refractivity contribution in [2.45, 2.75) is 12.6 Å². The predicted molar refractivity (Wildman–Crippen MR) is 45.2 cm³/mol. The van der Waals surface area contributed by atoms with E-state index < -0.39 is 35.4 Å². The monoisotopic (exact) mass is 242 g/mol. The minimum atomic E-state index is -4.93. The van der Waals surface area contributed by atoms with Gasteiger partial charge >= 0.3 is 6.18 Å². The first kappa shape index (κ1) is 12.5. The van der Waals surface area contributed by atoms with E-state index >= 15 is 0 Å². The van der Waals surface area contributed by atoms with E-state index in [1.54, 1.807) is 0 Å². The lowest BCUT2D eigenvalue weighted by Gasteiger charge is -2.14. The van der Waals surface area contributed by atoms with Crippen molar-refractivity contribution in [3.05, 3.63) is 17.3 Å². The van der Waals surface area contributed by atoms with Gasteiger partial charge in [0.2, 0.25) is 0 Å². The molecule has 0 spiro atoms. The topological polar surface area (TPSA) is 48.1 Å². The summed E-state index contributed by atoms with van der Waals surface area (Å²) in [4.78, 5) is 2.99.